The van der Waals surface area contributed by atoms with Crippen molar-refractivity contribution in [1.82, 2.24) is 0 Å². The highest BCUT2D eigenvalue weighted by Crippen LogP contribution is 2.39. The Labute approximate surface area is 164 Å². The van der Waals surface area contributed by atoms with E-state index in [1.807, 2.05) is 13.8 Å². The quantitative estimate of drug-likeness (QED) is 0.491. The van der Waals surface area contributed by atoms with Crippen LogP contribution in [0.2, 0.25) is 5.02 Å². The first-order valence-electron chi connectivity index (χ1n) is 8.44. The van der Waals surface area contributed by atoms with E-state index in [9.17, 15) is 23.2 Å². The molecule has 0 spiro atoms. The summed E-state index contributed by atoms with van der Waals surface area (Å²) in [6.45, 7) is 5.58. The number of carbonyl (C=O) groups excluding carboxylic acids is 1. The molecule has 1 aromatic heterocycles. The van der Waals surface area contributed by atoms with Crippen molar-refractivity contribution < 1.29 is 27.6 Å². The predicted molar refractivity (Wildman–Crippen MR) is 98.3 cm³/mol. The molecule has 1 aromatic carbocycles. The van der Waals surface area contributed by atoms with Crippen molar-refractivity contribution in [2.24, 2.45) is 10.6 Å². The predicted octanol–water partition coefficient (Wildman–Crippen LogP) is 5.66. The van der Waals surface area contributed by atoms with Gasteiger partial charge in [-0.15, -0.1) is 0 Å². The van der Waals surface area contributed by atoms with Crippen molar-refractivity contribution in [3.05, 3.63) is 51.4 Å². The molecule has 0 aliphatic heterocycles. The standard InChI is InChI=1S/C19H18ClF3N2O3/c1-9-15-13(25-27)7-18(2,3)8-14(15)28-16(9)17(26)24-12-6-10(19(21,22)23)4-5-11(12)20/h4-6,27H,7-8H2,1-3H3,(H,24,26)/b25-13-. The molecule has 150 valence electrons. The summed E-state index contributed by atoms with van der Waals surface area (Å²) in [5.74, 6) is -0.289. The number of carbonyl (C=O) groups is 1. The minimum Gasteiger partial charge on any atom is -0.455 e. The lowest BCUT2D eigenvalue weighted by atomic mass is 9.75. The minimum atomic E-state index is -4.57. The fraction of sp³-hybridized carbons (Fsp3) is 0.368. The number of anilines is 1. The van der Waals surface area contributed by atoms with E-state index < -0.39 is 17.6 Å². The van der Waals surface area contributed by atoms with Gasteiger partial charge in [0.25, 0.3) is 5.91 Å². The lowest BCUT2D eigenvalue weighted by Gasteiger charge is -2.28. The Morgan fingerprint density at radius 1 is 1.32 bits per heavy atom. The first-order chi connectivity index (χ1) is 12.9. The van der Waals surface area contributed by atoms with Crippen LogP contribution in [0.5, 0.6) is 0 Å². The monoisotopic (exact) mass is 414 g/mol. The molecule has 1 aliphatic carbocycles. The van der Waals surface area contributed by atoms with E-state index in [2.05, 4.69) is 10.5 Å². The number of alkyl halides is 3. The van der Waals surface area contributed by atoms with Crippen LogP contribution in [0.4, 0.5) is 18.9 Å². The number of rotatable bonds is 2. The molecular formula is C19H18ClF3N2O3. The zero-order chi connectivity index (χ0) is 20.9. The maximum atomic E-state index is 12.9. The fourth-order valence-corrected chi connectivity index (χ4v) is 3.56. The van der Waals surface area contributed by atoms with E-state index >= 15 is 0 Å². The van der Waals surface area contributed by atoms with E-state index in [1.165, 1.54) is 0 Å². The third-order valence-corrected chi connectivity index (χ3v) is 4.99. The van der Waals surface area contributed by atoms with Crippen LogP contribution in [-0.2, 0) is 12.6 Å². The van der Waals surface area contributed by atoms with Crippen molar-refractivity contribution in [3.8, 4) is 0 Å². The molecule has 0 atom stereocenters. The molecule has 1 amide bonds. The van der Waals surface area contributed by atoms with Crippen LogP contribution in [-0.4, -0.2) is 16.8 Å². The highest BCUT2D eigenvalue weighted by Gasteiger charge is 2.36. The average Bonchev–Trinajstić information content (AvgIpc) is 2.90. The second kappa shape index (κ2) is 6.84. The lowest BCUT2D eigenvalue weighted by molar-refractivity contribution is -0.137. The Kier molecular flexibility index (Phi) is 4.95. The summed E-state index contributed by atoms with van der Waals surface area (Å²) in [6, 6.07) is 2.67. The van der Waals surface area contributed by atoms with Gasteiger partial charge in [-0.3, -0.25) is 4.79 Å². The number of hydrogen-bond acceptors (Lipinski definition) is 4. The zero-order valence-electron chi connectivity index (χ0n) is 15.4. The highest BCUT2D eigenvalue weighted by molar-refractivity contribution is 6.34. The molecular weight excluding hydrogens is 397 g/mol. The van der Waals surface area contributed by atoms with Crippen LogP contribution in [0.3, 0.4) is 0 Å². The van der Waals surface area contributed by atoms with Crippen molar-refractivity contribution in [1.29, 1.82) is 0 Å². The highest BCUT2D eigenvalue weighted by atomic mass is 35.5. The second-order valence-corrected chi connectivity index (χ2v) is 7.97. The van der Waals surface area contributed by atoms with E-state index in [-0.39, 0.29) is 21.9 Å². The van der Waals surface area contributed by atoms with Gasteiger partial charge in [0.1, 0.15) is 5.76 Å². The van der Waals surface area contributed by atoms with Gasteiger partial charge in [0.2, 0.25) is 0 Å². The topological polar surface area (TPSA) is 74.8 Å². The van der Waals surface area contributed by atoms with Crippen LogP contribution in [0.15, 0.2) is 27.8 Å². The number of nitrogens with zero attached hydrogens (tertiary/aromatic N) is 1. The second-order valence-electron chi connectivity index (χ2n) is 7.57. The molecule has 3 rings (SSSR count). The number of benzene rings is 1. The smallest absolute Gasteiger partial charge is 0.416 e. The zero-order valence-corrected chi connectivity index (χ0v) is 16.1. The summed E-state index contributed by atoms with van der Waals surface area (Å²) in [6.07, 6.45) is -3.54. The van der Waals surface area contributed by atoms with Gasteiger partial charge in [-0.25, -0.2) is 0 Å². The van der Waals surface area contributed by atoms with Crippen LogP contribution in [0, 0.1) is 12.3 Å². The summed E-state index contributed by atoms with van der Waals surface area (Å²) in [5, 5.41) is 15.0. The molecule has 28 heavy (non-hydrogen) atoms. The Balaban J connectivity index is 1.97. The molecule has 0 saturated heterocycles. The molecule has 0 fully saturated rings. The molecule has 5 nitrogen and oxygen atoms in total. The van der Waals surface area contributed by atoms with Gasteiger partial charge in [0, 0.05) is 17.5 Å². The summed E-state index contributed by atoms with van der Waals surface area (Å²) >= 11 is 5.94. The van der Waals surface area contributed by atoms with Gasteiger partial charge < -0.3 is 14.9 Å². The summed E-state index contributed by atoms with van der Waals surface area (Å²) in [4.78, 5) is 12.7. The number of nitrogens with one attached hydrogen (secondary N) is 1. The molecule has 0 bridgehead atoms. The summed E-state index contributed by atoms with van der Waals surface area (Å²) < 4.78 is 44.5. The Hall–Kier alpha value is -2.48. The summed E-state index contributed by atoms with van der Waals surface area (Å²) in [7, 11) is 0. The lowest BCUT2D eigenvalue weighted by Crippen LogP contribution is -2.27. The van der Waals surface area contributed by atoms with Gasteiger partial charge in [-0.05, 0) is 37.0 Å². The van der Waals surface area contributed by atoms with Gasteiger partial charge >= 0.3 is 6.18 Å². The SMILES string of the molecule is Cc1c(C(=O)Nc2cc(C(F)(F)F)ccc2Cl)oc2c1/C(=N\O)CC(C)(C)C2. The van der Waals surface area contributed by atoms with Crippen LogP contribution in [0.25, 0.3) is 0 Å². The average molecular weight is 415 g/mol. The van der Waals surface area contributed by atoms with Crippen LogP contribution >= 0.6 is 11.6 Å². The normalized spacial score (nSPS) is 17.5. The maximum Gasteiger partial charge on any atom is 0.416 e. The number of furan rings is 1. The molecule has 0 saturated carbocycles. The third-order valence-electron chi connectivity index (χ3n) is 4.66. The number of oxime groups is 1. The number of amides is 1. The number of hydrogen-bond donors (Lipinski definition) is 2. The van der Waals surface area contributed by atoms with E-state index in [4.69, 9.17) is 16.0 Å². The van der Waals surface area contributed by atoms with Gasteiger partial charge in [-0.2, -0.15) is 13.2 Å². The van der Waals surface area contributed by atoms with Gasteiger partial charge in [0.05, 0.1) is 22.0 Å². The Morgan fingerprint density at radius 3 is 2.61 bits per heavy atom. The maximum absolute atomic E-state index is 12.9. The summed E-state index contributed by atoms with van der Waals surface area (Å²) in [5.41, 5.74) is 0.0900. The molecule has 1 aliphatic rings. The Morgan fingerprint density at radius 2 is 2.00 bits per heavy atom. The molecule has 0 unspecified atom stereocenters. The Bertz CT molecular complexity index is 978. The molecule has 9 heteroatoms. The number of halogens is 4. The van der Waals surface area contributed by atoms with E-state index in [0.717, 1.165) is 18.2 Å². The van der Waals surface area contributed by atoms with E-state index in [0.29, 0.717) is 35.4 Å². The van der Waals surface area contributed by atoms with Crippen molar-refractivity contribution in [3.63, 3.8) is 0 Å². The fourth-order valence-electron chi connectivity index (χ4n) is 3.39. The third kappa shape index (κ3) is 3.73. The molecule has 2 N–H and O–H groups in total. The molecule has 2 aromatic rings. The largest absolute Gasteiger partial charge is 0.455 e. The van der Waals surface area contributed by atoms with Gasteiger partial charge in [0.15, 0.2) is 5.76 Å². The minimum absolute atomic E-state index is 0.0333. The van der Waals surface area contributed by atoms with Crippen LogP contribution in [0.1, 0.15) is 53.3 Å². The van der Waals surface area contributed by atoms with Crippen molar-refractivity contribution >= 4 is 28.9 Å². The number of fused-ring (bicyclic) bond motifs is 1. The first-order valence-corrected chi connectivity index (χ1v) is 8.82. The van der Waals surface area contributed by atoms with Crippen molar-refractivity contribution in [2.45, 2.75) is 39.8 Å². The molecule has 1 heterocycles. The molecule has 0 radical (unpaired) electrons. The van der Waals surface area contributed by atoms with Crippen LogP contribution < -0.4 is 5.32 Å². The van der Waals surface area contributed by atoms with Crippen molar-refractivity contribution in [2.75, 3.05) is 5.32 Å². The first kappa shape index (κ1) is 20.3. The van der Waals surface area contributed by atoms with Gasteiger partial charge in [-0.1, -0.05) is 30.6 Å². The van der Waals surface area contributed by atoms with E-state index in [1.54, 1.807) is 6.92 Å².